The van der Waals surface area contributed by atoms with Crippen molar-refractivity contribution in [3.63, 3.8) is 0 Å². The van der Waals surface area contributed by atoms with E-state index in [1.807, 2.05) is 0 Å². The zero-order valence-electron chi connectivity index (χ0n) is 9.70. The highest BCUT2D eigenvalue weighted by molar-refractivity contribution is 5.69. The summed E-state index contributed by atoms with van der Waals surface area (Å²) in [4.78, 5) is 11.0. The highest BCUT2D eigenvalue weighted by atomic mass is 19.1. The Morgan fingerprint density at radius 3 is 3.00 bits per heavy atom. The molecule has 1 atom stereocenters. The Balaban J connectivity index is 2.49. The van der Waals surface area contributed by atoms with Gasteiger partial charge in [-0.1, -0.05) is 6.07 Å². The van der Waals surface area contributed by atoms with Crippen LogP contribution in [0, 0.1) is 5.82 Å². The number of fused-ring (bicyclic) bond motifs is 1. The fourth-order valence-corrected chi connectivity index (χ4v) is 2.60. The van der Waals surface area contributed by atoms with Crippen LogP contribution in [0.4, 0.5) is 4.39 Å². The van der Waals surface area contributed by atoms with Crippen molar-refractivity contribution < 1.29 is 19.0 Å². The van der Waals surface area contributed by atoms with Gasteiger partial charge in [-0.2, -0.15) is 0 Å². The Morgan fingerprint density at radius 2 is 2.35 bits per heavy atom. The van der Waals surface area contributed by atoms with Crippen molar-refractivity contribution in [2.24, 2.45) is 0 Å². The molecule has 4 heteroatoms. The fourth-order valence-electron chi connectivity index (χ4n) is 2.60. The topological polar surface area (TPSA) is 46.5 Å². The van der Waals surface area contributed by atoms with E-state index in [1.54, 1.807) is 6.07 Å². The summed E-state index contributed by atoms with van der Waals surface area (Å²) in [5, 5.41) is 8.98. The average molecular weight is 238 g/mol. The highest BCUT2D eigenvalue weighted by Crippen LogP contribution is 2.40. The molecule has 2 rings (SSSR count). The number of methoxy groups -OCH3 is 1. The molecule has 0 amide bonds. The molecule has 0 aromatic heterocycles. The van der Waals surface area contributed by atoms with Gasteiger partial charge in [-0.15, -0.1) is 0 Å². The number of ether oxygens (including phenoxy) is 1. The van der Waals surface area contributed by atoms with E-state index in [4.69, 9.17) is 9.84 Å². The lowest BCUT2D eigenvalue weighted by Crippen LogP contribution is -2.35. The van der Waals surface area contributed by atoms with Crippen molar-refractivity contribution >= 4 is 5.97 Å². The maximum absolute atomic E-state index is 13.3. The molecule has 92 valence electrons. The zero-order valence-corrected chi connectivity index (χ0v) is 9.70. The lowest BCUT2D eigenvalue weighted by molar-refractivity contribution is -0.145. The standard InChI is InChI=1S/C13H15FO3/c1-17-13(8-12(15)16)6-2-3-9-4-5-10(14)7-11(9)13/h4-5,7H,2-3,6,8H2,1H3,(H,15,16). The van der Waals surface area contributed by atoms with Gasteiger partial charge >= 0.3 is 5.97 Å². The number of hydrogen-bond donors (Lipinski definition) is 1. The molecule has 0 saturated heterocycles. The van der Waals surface area contributed by atoms with Crippen molar-refractivity contribution in [2.45, 2.75) is 31.3 Å². The number of hydrogen-bond acceptors (Lipinski definition) is 2. The second kappa shape index (κ2) is 4.45. The summed E-state index contributed by atoms with van der Waals surface area (Å²) < 4.78 is 18.7. The van der Waals surface area contributed by atoms with Crippen LogP contribution in [-0.2, 0) is 21.6 Å². The number of aryl methyl sites for hydroxylation is 1. The second-order valence-electron chi connectivity index (χ2n) is 4.42. The largest absolute Gasteiger partial charge is 0.481 e. The van der Waals surface area contributed by atoms with E-state index >= 15 is 0 Å². The van der Waals surface area contributed by atoms with E-state index in [0.717, 1.165) is 18.4 Å². The van der Waals surface area contributed by atoms with E-state index in [-0.39, 0.29) is 12.2 Å². The molecule has 0 fully saturated rings. The number of rotatable bonds is 3. The van der Waals surface area contributed by atoms with Crippen LogP contribution in [0.3, 0.4) is 0 Å². The van der Waals surface area contributed by atoms with Gasteiger partial charge < -0.3 is 9.84 Å². The third kappa shape index (κ3) is 2.17. The summed E-state index contributed by atoms with van der Waals surface area (Å²) in [5.41, 5.74) is 0.802. The fraction of sp³-hybridized carbons (Fsp3) is 0.462. The van der Waals surface area contributed by atoms with E-state index in [9.17, 15) is 9.18 Å². The van der Waals surface area contributed by atoms with Gasteiger partial charge in [-0.25, -0.2) is 4.39 Å². The van der Waals surface area contributed by atoms with E-state index in [2.05, 4.69) is 0 Å². The summed E-state index contributed by atoms with van der Waals surface area (Å²) in [7, 11) is 1.49. The maximum atomic E-state index is 13.3. The van der Waals surface area contributed by atoms with Crippen LogP contribution in [0.5, 0.6) is 0 Å². The average Bonchev–Trinajstić information content (AvgIpc) is 2.29. The molecule has 3 nitrogen and oxygen atoms in total. The van der Waals surface area contributed by atoms with Gasteiger partial charge in [0, 0.05) is 7.11 Å². The Hall–Kier alpha value is -1.42. The minimum absolute atomic E-state index is 0.125. The summed E-state index contributed by atoms with van der Waals surface area (Å²) in [6.45, 7) is 0. The minimum Gasteiger partial charge on any atom is -0.481 e. The molecular weight excluding hydrogens is 223 g/mol. The lowest BCUT2D eigenvalue weighted by Gasteiger charge is -2.36. The molecule has 1 N–H and O–H groups in total. The third-order valence-electron chi connectivity index (χ3n) is 3.42. The molecular formula is C13H15FO3. The second-order valence-corrected chi connectivity index (χ2v) is 4.42. The molecule has 0 saturated carbocycles. The SMILES string of the molecule is COC1(CC(=O)O)CCCc2ccc(F)cc21. The Labute approximate surface area is 99.2 Å². The molecule has 0 radical (unpaired) electrons. The molecule has 1 aliphatic carbocycles. The van der Waals surface area contributed by atoms with Crippen LogP contribution in [0.1, 0.15) is 30.4 Å². The highest BCUT2D eigenvalue weighted by Gasteiger charge is 2.39. The molecule has 17 heavy (non-hydrogen) atoms. The first kappa shape index (κ1) is 12.0. The van der Waals surface area contributed by atoms with Crippen molar-refractivity contribution in [1.82, 2.24) is 0 Å². The number of carbonyl (C=O) groups is 1. The van der Waals surface area contributed by atoms with Crippen molar-refractivity contribution in [3.05, 3.63) is 35.1 Å². The number of carboxylic acids is 1. The zero-order chi connectivity index (χ0) is 12.5. The van der Waals surface area contributed by atoms with Gasteiger partial charge in [0.25, 0.3) is 0 Å². The summed E-state index contributed by atoms with van der Waals surface area (Å²) in [6.07, 6.45) is 2.20. The Morgan fingerprint density at radius 1 is 1.59 bits per heavy atom. The molecule has 1 aliphatic rings. The summed E-state index contributed by atoms with van der Waals surface area (Å²) in [6, 6.07) is 4.53. The van der Waals surface area contributed by atoms with Crippen LogP contribution in [0.15, 0.2) is 18.2 Å². The lowest BCUT2D eigenvalue weighted by atomic mass is 9.77. The van der Waals surface area contributed by atoms with Crippen LogP contribution >= 0.6 is 0 Å². The van der Waals surface area contributed by atoms with Gasteiger partial charge in [0.05, 0.1) is 6.42 Å². The molecule has 0 bridgehead atoms. The van der Waals surface area contributed by atoms with Crippen molar-refractivity contribution in [3.8, 4) is 0 Å². The van der Waals surface area contributed by atoms with Crippen LogP contribution in [0.2, 0.25) is 0 Å². The normalized spacial score (nSPS) is 23.2. The predicted octanol–water partition coefficient (Wildman–Crippen LogP) is 2.48. The van der Waals surface area contributed by atoms with Gasteiger partial charge in [0.2, 0.25) is 0 Å². The molecule has 1 aromatic carbocycles. The van der Waals surface area contributed by atoms with Gasteiger partial charge in [0.15, 0.2) is 0 Å². The smallest absolute Gasteiger partial charge is 0.306 e. The Kier molecular flexibility index (Phi) is 3.15. The van der Waals surface area contributed by atoms with Gasteiger partial charge in [0.1, 0.15) is 11.4 Å². The predicted molar refractivity (Wildman–Crippen MR) is 60.3 cm³/mol. The van der Waals surface area contributed by atoms with Crippen molar-refractivity contribution in [2.75, 3.05) is 7.11 Å². The maximum Gasteiger partial charge on any atom is 0.306 e. The van der Waals surface area contributed by atoms with E-state index in [1.165, 1.54) is 19.2 Å². The van der Waals surface area contributed by atoms with Crippen LogP contribution < -0.4 is 0 Å². The number of benzene rings is 1. The van der Waals surface area contributed by atoms with Crippen LogP contribution in [0.25, 0.3) is 0 Å². The summed E-state index contributed by atoms with van der Waals surface area (Å²) in [5.74, 6) is -1.28. The van der Waals surface area contributed by atoms with Gasteiger partial charge in [-0.3, -0.25) is 4.79 Å². The van der Waals surface area contributed by atoms with Crippen molar-refractivity contribution in [1.29, 1.82) is 0 Å². The first-order chi connectivity index (χ1) is 8.07. The first-order valence-corrected chi connectivity index (χ1v) is 5.63. The first-order valence-electron chi connectivity index (χ1n) is 5.63. The molecule has 1 aromatic rings. The molecule has 0 spiro atoms. The van der Waals surface area contributed by atoms with Crippen LogP contribution in [-0.4, -0.2) is 18.2 Å². The number of aliphatic carboxylic acids is 1. The Bertz CT molecular complexity index is 444. The molecule has 1 unspecified atom stereocenters. The summed E-state index contributed by atoms with van der Waals surface area (Å²) >= 11 is 0. The quantitative estimate of drug-likeness (QED) is 0.880. The molecule has 0 heterocycles. The van der Waals surface area contributed by atoms with Gasteiger partial charge in [-0.05, 0) is 42.5 Å². The van der Waals surface area contributed by atoms with E-state index in [0.29, 0.717) is 12.0 Å². The monoisotopic (exact) mass is 238 g/mol. The number of carboxylic acid groups (broad SMARTS) is 1. The number of halogens is 1. The third-order valence-corrected chi connectivity index (χ3v) is 3.42. The van der Waals surface area contributed by atoms with E-state index < -0.39 is 11.6 Å². The molecule has 0 aliphatic heterocycles. The minimum atomic E-state index is -0.927.